The van der Waals surface area contributed by atoms with Crippen molar-refractivity contribution in [3.8, 4) is 0 Å². The largest absolute Gasteiger partial charge is 0.379 e. The molecule has 0 radical (unpaired) electrons. The highest BCUT2D eigenvalue weighted by atomic mass is 16.5. The Morgan fingerprint density at radius 2 is 2.15 bits per heavy atom. The van der Waals surface area contributed by atoms with Crippen molar-refractivity contribution in [1.29, 1.82) is 0 Å². The molecular formula is C18H34N4O4. The first-order valence-corrected chi connectivity index (χ1v) is 9.60. The van der Waals surface area contributed by atoms with Gasteiger partial charge in [0.15, 0.2) is 5.96 Å². The smallest absolute Gasteiger partial charge is 0.243 e. The fourth-order valence-corrected chi connectivity index (χ4v) is 2.82. The molecule has 3 atom stereocenters. The Kier molecular flexibility index (Phi) is 9.14. The summed E-state index contributed by atoms with van der Waals surface area (Å²) in [5.74, 6) is 0.583. The van der Waals surface area contributed by atoms with Crippen LogP contribution in [-0.4, -0.2) is 88.6 Å². The van der Waals surface area contributed by atoms with Gasteiger partial charge in [0.1, 0.15) is 6.54 Å². The predicted octanol–water partition coefficient (Wildman–Crippen LogP) is 0.373. The Hall–Kier alpha value is -1.38. The van der Waals surface area contributed by atoms with Crippen molar-refractivity contribution in [1.82, 2.24) is 15.5 Å². The van der Waals surface area contributed by atoms with Gasteiger partial charge in [-0.15, -0.1) is 0 Å². The summed E-state index contributed by atoms with van der Waals surface area (Å²) >= 11 is 0. The van der Waals surface area contributed by atoms with Crippen molar-refractivity contribution in [2.24, 2.45) is 4.99 Å². The quantitative estimate of drug-likeness (QED) is 0.474. The Bertz CT molecular complexity index is 446. The Morgan fingerprint density at radius 3 is 2.81 bits per heavy atom. The molecule has 0 bridgehead atoms. The number of hydrogen-bond donors (Lipinski definition) is 2. The van der Waals surface area contributed by atoms with Gasteiger partial charge in [0, 0.05) is 39.9 Å². The van der Waals surface area contributed by atoms with Crippen LogP contribution in [0.3, 0.4) is 0 Å². The van der Waals surface area contributed by atoms with E-state index in [1.165, 1.54) is 11.3 Å². The van der Waals surface area contributed by atoms with E-state index in [0.29, 0.717) is 25.7 Å². The molecule has 2 fully saturated rings. The van der Waals surface area contributed by atoms with E-state index in [2.05, 4.69) is 15.6 Å². The van der Waals surface area contributed by atoms with Crippen molar-refractivity contribution in [3.63, 3.8) is 0 Å². The van der Waals surface area contributed by atoms with Crippen LogP contribution >= 0.6 is 0 Å². The first kappa shape index (κ1) is 20.9. The summed E-state index contributed by atoms with van der Waals surface area (Å²) in [5, 5.41) is 6.63. The van der Waals surface area contributed by atoms with E-state index in [1.54, 1.807) is 14.1 Å². The fraction of sp³-hybridized carbons (Fsp3) is 0.889. The standard InChI is InChI=1S/C18H34N4O4/c1-14(12-26-16-7-9-24-13-16)21-18(20-11-17(23)22(2)3)19-10-15-6-4-5-8-25-15/h14-16H,4-13H2,1-3H3,(H2,19,20,21). The van der Waals surface area contributed by atoms with E-state index in [4.69, 9.17) is 14.2 Å². The lowest BCUT2D eigenvalue weighted by atomic mass is 10.1. The lowest BCUT2D eigenvalue weighted by Gasteiger charge is -2.25. The lowest BCUT2D eigenvalue weighted by Crippen LogP contribution is -2.47. The van der Waals surface area contributed by atoms with Gasteiger partial charge in [-0.3, -0.25) is 4.79 Å². The summed E-state index contributed by atoms with van der Waals surface area (Å²) in [6.45, 7) is 5.66. The summed E-state index contributed by atoms with van der Waals surface area (Å²) in [5.41, 5.74) is 0. The van der Waals surface area contributed by atoms with Gasteiger partial charge in [0.25, 0.3) is 0 Å². The maximum Gasteiger partial charge on any atom is 0.243 e. The van der Waals surface area contributed by atoms with Crippen LogP contribution in [0.1, 0.15) is 32.6 Å². The van der Waals surface area contributed by atoms with E-state index < -0.39 is 0 Å². The van der Waals surface area contributed by atoms with Crippen LogP contribution < -0.4 is 10.6 Å². The average molecular weight is 370 g/mol. The number of ether oxygens (including phenoxy) is 3. The molecule has 2 rings (SSSR count). The minimum atomic E-state index is -0.0352. The van der Waals surface area contributed by atoms with Gasteiger partial charge in [0.2, 0.25) is 5.91 Å². The number of carbonyl (C=O) groups excluding carboxylic acids is 1. The highest BCUT2D eigenvalue weighted by molar-refractivity contribution is 5.84. The van der Waals surface area contributed by atoms with Crippen LogP contribution in [0.5, 0.6) is 0 Å². The van der Waals surface area contributed by atoms with Gasteiger partial charge in [0.05, 0.1) is 25.4 Å². The SMILES string of the molecule is CC(COC1CCOC1)NC(=NCC(=O)N(C)C)NCC1CCCCO1. The highest BCUT2D eigenvalue weighted by Crippen LogP contribution is 2.11. The number of rotatable bonds is 8. The molecule has 1 amide bonds. The third kappa shape index (κ3) is 7.88. The van der Waals surface area contributed by atoms with E-state index in [9.17, 15) is 4.79 Å². The molecule has 2 saturated heterocycles. The number of hydrogen-bond acceptors (Lipinski definition) is 5. The molecule has 2 aliphatic rings. The predicted molar refractivity (Wildman–Crippen MR) is 100 cm³/mol. The second-order valence-electron chi connectivity index (χ2n) is 7.19. The molecule has 150 valence electrons. The molecule has 0 aromatic carbocycles. The average Bonchev–Trinajstić information content (AvgIpc) is 3.16. The second kappa shape index (κ2) is 11.4. The lowest BCUT2D eigenvalue weighted by molar-refractivity contribution is -0.127. The molecule has 2 N–H and O–H groups in total. The van der Waals surface area contributed by atoms with Crippen LogP contribution in [-0.2, 0) is 19.0 Å². The zero-order chi connectivity index (χ0) is 18.8. The van der Waals surface area contributed by atoms with Gasteiger partial charge in [-0.25, -0.2) is 4.99 Å². The number of aliphatic imine (C=N–C) groups is 1. The maximum atomic E-state index is 11.8. The maximum absolute atomic E-state index is 11.8. The third-order valence-electron chi connectivity index (χ3n) is 4.50. The summed E-state index contributed by atoms with van der Waals surface area (Å²) < 4.78 is 16.9. The number of nitrogens with zero attached hydrogens (tertiary/aromatic N) is 2. The van der Waals surface area contributed by atoms with Crippen molar-refractivity contribution < 1.29 is 19.0 Å². The van der Waals surface area contributed by atoms with Gasteiger partial charge < -0.3 is 29.7 Å². The van der Waals surface area contributed by atoms with Crippen LogP contribution in [0, 0.1) is 0 Å². The Labute approximate surface area is 156 Å². The molecule has 8 nitrogen and oxygen atoms in total. The molecule has 2 heterocycles. The van der Waals surface area contributed by atoms with Crippen molar-refractivity contribution in [2.75, 3.05) is 53.6 Å². The van der Waals surface area contributed by atoms with E-state index in [0.717, 1.165) is 32.5 Å². The zero-order valence-corrected chi connectivity index (χ0v) is 16.3. The topological polar surface area (TPSA) is 84.4 Å². The number of guanidine groups is 1. The second-order valence-corrected chi connectivity index (χ2v) is 7.19. The van der Waals surface area contributed by atoms with E-state index >= 15 is 0 Å². The minimum Gasteiger partial charge on any atom is -0.379 e. The molecule has 0 spiro atoms. The van der Waals surface area contributed by atoms with Crippen LogP contribution in [0.15, 0.2) is 4.99 Å². The molecule has 0 aromatic heterocycles. The first-order valence-electron chi connectivity index (χ1n) is 9.60. The molecule has 3 unspecified atom stereocenters. The van der Waals surface area contributed by atoms with Gasteiger partial charge in [-0.2, -0.15) is 0 Å². The van der Waals surface area contributed by atoms with Gasteiger partial charge in [-0.05, 0) is 32.6 Å². The van der Waals surface area contributed by atoms with Crippen molar-refractivity contribution in [2.45, 2.75) is 50.9 Å². The highest BCUT2D eigenvalue weighted by Gasteiger charge is 2.18. The molecule has 0 aromatic rings. The van der Waals surface area contributed by atoms with Gasteiger partial charge >= 0.3 is 0 Å². The zero-order valence-electron chi connectivity index (χ0n) is 16.3. The normalized spacial score (nSPS) is 25.0. The minimum absolute atomic E-state index is 0.0352. The summed E-state index contributed by atoms with van der Waals surface area (Å²) in [7, 11) is 3.46. The Balaban J connectivity index is 1.81. The molecule has 0 aliphatic carbocycles. The molecule has 8 heteroatoms. The third-order valence-corrected chi connectivity index (χ3v) is 4.50. The van der Waals surface area contributed by atoms with Gasteiger partial charge in [-0.1, -0.05) is 0 Å². The summed E-state index contributed by atoms with van der Waals surface area (Å²) in [6, 6.07) is 0.0728. The van der Waals surface area contributed by atoms with E-state index in [1.807, 2.05) is 6.92 Å². The molecule has 26 heavy (non-hydrogen) atoms. The fourth-order valence-electron chi connectivity index (χ4n) is 2.82. The van der Waals surface area contributed by atoms with E-state index in [-0.39, 0.29) is 30.7 Å². The van der Waals surface area contributed by atoms with Crippen LogP contribution in [0.4, 0.5) is 0 Å². The van der Waals surface area contributed by atoms with Crippen molar-refractivity contribution >= 4 is 11.9 Å². The molecule has 0 saturated carbocycles. The number of likely N-dealkylation sites (N-methyl/N-ethyl adjacent to an activating group) is 1. The summed E-state index contributed by atoms with van der Waals surface area (Å²) in [6.07, 6.45) is 4.70. The monoisotopic (exact) mass is 370 g/mol. The Morgan fingerprint density at radius 1 is 1.31 bits per heavy atom. The van der Waals surface area contributed by atoms with Crippen LogP contribution in [0.2, 0.25) is 0 Å². The summed E-state index contributed by atoms with van der Waals surface area (Å²) in [4.78, 5) is 17.8. The molecule has 2 aliphatic heterocycles. The molecular weight excluding hydrogens is 336 g/mol. The van der Waals surface area contributed by atoms with Crippen LogP contribution in [0.25, 0.3) is 0 Å². The van der Waals surface area contributed by atoms with Crippen molar-refractivity contribution in [3.05, 3.63) is 0 Å². The number of amides is 1. The number of nitrogens with one attached hydrogen (secondary N) is 2. The number of carbonyl (C=O) groups is 1. The first-order chi connectivity index (χ1) is 12.5.